The number of aromatic hydroxyl groups is 1. The Morgan fingerprint density at radius 1 is 1.10 bits per heavy atom. The summed E-state index contributed by atoms with van der Waals surface area (Å²) >= 11 is 11.8. The third-order valence-electron chi connectivity index (χ3n) is 2.90. The minimum atomic E-state index is -0.478. The normalized spacial score (nSPS) is 11.6. The molecule has 3 rings (SSSR count). The lowest BCUT2D eigenvalue weighted by molar-refractivity contribution is 0.459. The first-order chi connectivity index (χ1) is 10.1. The number of aromatic nitrogens is 1. The zero-order chi connectivity index (χ0) is 15.0. The molecular weight excluding hydrogens is 316 g/mol. The van der Waals surface area contributed by atoms with Crippen LogP contribution in [-0.4, -0.2) is 10.1 Å². The number of fused-ring (bicyclic) bond motifs is 1. The monoisotopic (exact) mass is 323 g/mol. The number of azo groups is 1. The van der Waals surface area contributed by atoms with Gasteiger partial charge < -0.3 is 10.1 Å². The minimum Gasteiger partial charge on any atom is -0.493 e. The maximum atomic E-state index is 13.6. The van der Waals surface area contributed by atoms with Gasteiger partial charge in [-0.15, -0.1) is 10.2 Å². The Balaban J connectivity index is 2.07. The number of rotatable bonds is 2. The van der Waals surface area contributed by atoms with Gasteiger partial charge in [0.15, 0.2) is 5.69 Å². The van der Waals surface area contributed by atoms with Gasteiger partial charge in [-0.2, -0.15) is 0 Å². The van der Waals surface area contributed by atoms with E-state index in [2.05, 4.69) is 15.2 Å². The van der Waals surface area contributed by atoms with E-state index >= 15 is 0 Å². The van der Waals surface area contributed by atoms with Gasteiger partial charge in [0, 0.05) is 10.4 Å². The number of hydrogen-bond donors (Lipinski definition) is 2. The first-order valence-corrected chi connectivity index (χ1v) is 6.68. The zero-order valence-electron chi connectivity index (χ0n) is 10.4. The number of halogens is 3. The molecule has 0 atom stereocenters. The summed E-state index contributed by atoms with van der Waals surface area (Å²) in [5.41, 5.74) is 0.716. The van der Waals surface area contributed by atoms with Crippen molar-refractivity contribution in [1.82, 2.24) is 4.98 Å². The van der Waals surface area contributed by atoms with E-state index in [9.17, 15) is 9.50 Å². The zero-order valence-corrected chi connectivity index (χ0v) is 12.0. The summed E-state index contributed by atoms with van der Waals surface area (Å²) < 4.78 is 13.6. The highest BCUT2D eigenvalue weighted by atomic mass is 35.5. The molecular formula is C14H8Cl2FN3O. The summed E-state index contributed by atoms with van der Waals surface area (Å²) in [4.78, 5) is 2.53. The van der Waals surface area contributed by atoms with Gasteiger partial charge in [0.25, 0.3) is 0 Å². The Hall–Kier alpha value is -2.11. The summed E-state index contributed by atoms with van der Waals surface area (Å²) in [5, 5.41) is 19.0. The van der Waals surface area contributed by atoms with Gasteiger partial charge in [-0.3, -0.25) is 0 Å². The van der Waals surface area contributed by atoms with Crippen LogP contribution in [0.1, 0.15) is 0 Å². The minimum absolute atomic E-state index is 0.149. The summed E-state index contributed by atoms with van der Waals surface area (Å²) in [6, 6.07) is 9.20. The Bertz CT molecular complexity index is 861. The Labute approximate surface area is 128 Å². The van der Waals surface area contributed by atoms with Crippen LogP contribution in [0, 0.1) is 5.82 Å². The van der Waals surface area contributed by atoms with Crippen LogP contribution in [0.15, 0.2) is 46.6 Å². The summed E-state index contributed by atoms with van der Waals surface area (Å²) in [7, 11) is 0. The van der Waals surface area contributed by atoms with Gasteiger partial charge in [-0.05, 0) is 24.3 Å². The van der Waals surface area contributed by atoms with Crippen molar-refractivity contribution in [3.63, 3.8) is 0 Å². The third-order valence-corrected chi connectivity index (χ3v) is 3.44. The number of para-hydroxylation sites is 1. The molecule has 0 fully saturated rings. The van der Waals surface area contributed by atoms with Crippen molar-refractivity contribution in [3.05, 3.63) is 52.3 Å². The van der Waals surface area contributed by atoms with Crippen LogP contribution in [0.3, 0.4) is 0 Å². The molecule has 0 aliphatic heterocycles. The van der Waals surface area contributed by atoms with Gasteiger partial charge in [-0.1, -0.05) is 35.3 Å². The summed E-state index contributed by atoms with van der Waals surface area (Å²) in [5.74, 6) is -0.738. The van der Waals surface area contributed by atoms with Gasteiger partial charge in [-0.25, -0.2) is 4.39 Å². The van der Waals surface area contributed by atoms with Crippen molar-refractivity contribution in [2.24, 2.45) is 10.2 Å². The molecule has 2 aromatic carbocycles. The second kappa shape index (κ2) is 5.35. The molecule has 0 amide bonds. The first-order valence-electron chi connectivity index (χ1n) is 5.92. The Morgan fingerprint density at radius 3 is 2.67 bits per heavy atom. The second-order valence-corrected chi connectivity index (χ2v) is 5.12. The Kier molecular flexibility index (Phi) is 3.53. The lowest BCUT2D eigenvalue weighted by Crippen LogP contribution is -1.74. The summed E-state index contributed by atoms with van der Waals surface area (Å²) in [6.45, 7) is 0. The highest BCUT2D eigenvalue weighted by molar-refractivity contribution is 6.36. The van der Waals surface area contributed by atoms with Crippen LogP contribution in [-0.2, 0) is 0 Å². The molecule has 0 saturated carbocycles. The van der Waals surface area contributed by atoms with Gasteiger partial charge in [0.1, 0.15) is 11.5 Å². The fourth-order valence-electron chi connectivity index (χ4n) is 1.92. The maximum Gasteiger partial charge on any atom is 0.218 e. The van der Waals surface area contributed by atoms with E-state index in [1.807, 2.05) is 0 Å². The number of nitrogens with one attached hydrogen (secondary N) is 1. The molecule has 0 aliphatic carbocycles. The predicted octanol–water partition coefficient (Wildman–Crippen LogP) is 5.73. The van der Waals surface area contributed by atoms with Crippen LogP contribution in [0.4, 0.5) is 15.8 Å². The molecule has 0 spiro atoms. The molecule has 7 heteroatoms. The standard InChI is InChI=1S/C14H8Cl2FN3O/c15-7-4-5-11(9(16)6-7)19-20-13-8-2-1-3-10(17)12(8)18-14(13)21/h1-6,18,21H. The van der Waals surface area contributed by atoms with Crippen LogP contribution in [0.2, 0.25) is 10.0 Å². The molecule has 0 unspecified atom stereocenters. The van der Waals surface area contributed by atoms with E-state index in [0.29, 0.717) is 21.1 Å². The second-order valence-electron chi connectivity index (χ2n) is 4.28. The largest absolute Gasteiger partial charge is 0.493 e. The number of aromatic amines is 1. The van der Waals surface area contributed by atoms with Crippen molar-refractivity contribution in [2.75, 3.05) is 0 Å². The summed E-state index contributed by atoms with van der Waals surface area (Å²) in [6.07, 6.45) is 0. The quantitative estimate of drug-likeness (QED) is 0.581. The van der Waals surface area contributed by atoms with E-state index in [-0.39, 0.29) is 17.1 Å². The number of nitrogens with zero attached hydrogens (tertiary/aromatic N) is 2. The molecule has 0 saturated heterocycles. The van der Waals surface area contributed by atoms with E-state index in [4.69, 9.17) is 23.2 Å². The Morgan fingerprint density at radius 2 is 1.90 bits per heavy atom. The fraction of sp³-hybridized carbons (Fsp3) is 0. The first kappa shape index (κ1) is 13.9. The lowest BCUT2D eigenvalue weighted by Gasteiger charge is -1.97. The third kappa shape index (κ3) is 2.57. The number of hydrogen-bond acceptors (Lipinski definition) is 3. The van der Waals surface area contributed by atoms with Crippen LogP contribution in [0.25, 0.3) is 10.9 Å². The SMILES string of the molecule is Oc1[nH]c2c(F)cccc2c1N=Nc1ccc(Cl)cc1Cl. The van der Waals surface area contributed by atoms with E-state index in [1.165, 1.54) is 18.2 Å². The van der Waals surface area contributed by atoms with Gasteiger partial charge in [0.2, 0.25) is 5.88 Å². The molecule has 2 N–H and O–H groups in total. The van der Waals surface area contributed by atoms with Crippen molar-refractivity contribution in [3.8, 4) is 5.88 Å². The molecule has 1 heterocycles. The van der Waals surface area contributed by atoms with E-state index in [1.54, 1.807) is 18.2 Å². The lowest BCUT2D eigenvalue weighted by atomic mass is 10.2. The van der Waals surface area contributed by atoms with Crippen LogP contribution < -0.4 is 0 Å². The smallest absolute Gasteiger partial charge is 0.218 e. The molecule has 21 heavy (non-hydrogen) atoms. The number of H-pyrrole nitrogens is 1. The van der Waals surface area contributed by atoms with Crippen molar-refractivity contribution >= 4 is 45.5 Å². The van der Waals surface area contributed by atoms with E-state index < -0.39 is 5.82 Å². The highest BCUT2D eigenvalue weighted by Gasteiger charge is 2.13. The topological polar surface area (TPSA) is 60.7 Å². The predicted molar refractivity (Wildman–Crippen MR) is 80.6 cm³/mol. The molecule has 0 bridgehead atoms. The van der Waals surface area contributed by atoms with Crippen molar-refractivity contribution in [2.45, 2.75) is 0 Å². The number of benzene rings is 2. The molecule has 4 nitrogen and oxygen atoms in total. The molecule has 0 radical (unpaired) electrons. The average Bonchev–Trinajstić information content (AvgIpc) is 2.76. The van der Waals surface area contributed by atoms with Crippen molar-refractivity contribution < 1.29 is 9.50 Å². The highest BCUT2D eigenvalue weighted by Crippen LogP contribution is 2.38. The molecule has 3 aromatic rings. The molecule has 106 valence electrons. The van der Waals surface area contributed by atoms with Gasteiger partial charge in [0.05, 0.1) is 10.5 Å². The van der Waals surface area contributed by atoms with Crippen LogP contribution >= 0.6 is 23.2 Å². The molecule has 1 aromatic heterocycles. The molecule has 0 aliphatic rings. The van der Waals surface area contributed by atoms with Crippen molar-refractivity contribution in [1.29, 1.82) is 0 Å². The van der Waals surface area contributed by atoms with Crippen LogP contribution in [0.5, 0.6) is 5.88 Å². The average molecular weight is 324 g/mol. The fourth-order valence-corrected chi connectivity index (χ4v) is 2.37. The van der Waals surface area contributed by atoms with Gasteiger partial charge >= 0.3 is 0 Å². The maximum absolute atomic E-state index is 13.6. The van der Waals surface area contributed by atoms with E-state index in [0.717, 1.165) is 0 Å².